The van der Waals surface area contributed by atoms with E-state index >= 15 is 0 Å². The number of aromatic nitrogens is 3. The molecule has 0 bridgehead atoms. The quantitative estimate of drug-likeness (QED) is 0.545. The molecule has 9 heavy (non-hydrogen) atoms. The Bertz CT molecular complexity index is 251. The molecular weight excluding hydrogens is 138 g/mol. The van der Waals surface area contributed by atoms with Gasteiger partial charge in [-0.25, -0.2) is 4.79 Å². The van der Waals surface area contributed by atoms with Gasteiger partial charge in [0.2, 0.25) is 0 Å². The molecule has 1 heterocycles. The minimum Gasteiger partial charge on any atom is -0.284 e. The van der Waals surface area contributed by atoms with Crippen LogP contribution in [-0.2, 0) is 7.05 Å². The van der Waals surface area contributed by atoms with Crippen molar-refractivity contribution in [3.63, 3.8) is 0 Å². The van der Waals surface area contributed by atoms with Crippen molar-refractivity contribution in [2.75, 3.05) is 6.26 Å². The number of hydrogen-bond acceptors (Lipinski definition) is 3. The van der Waals surface area contributed by atoms with E-state index in [1.807, 2.05) is 0 Å². The monoisotopic (exact) mass is 145 g/mol. The maximum atomic E-state index is 10.8. The van der Waals surface area contributed by atoms with E-state index in [0.29, 0.717) is 0 Å². The summed E-state index contributed by atoms with van der Waals surface area (Å²) in [5.74, 6) is 0. The Morgan fingerprint density at radius 2 is 2.44 bits per heavy atom. The Morgan fingerprint density at radius 1 is 1.78 bits per heavy atom. The van der Waals surface area contributed by atoms with Gasteiger partial charge in [-0.3, -0.25) is 4.57 Å². The Balaban J connectivity index is 3.20. The normalized spacial score (nSPS) is 10.0. The molecule has 1 rings (SSSR count). The standard InChI is InChI=1S/C4H7N3OS/c1-6-3-5-7(9-2)4(6)8/h3H,1-2H3. The van der Waals surface area contributed by atoms with Gasteiger partial charge in [-0.2, -0.15) is 4.09 Å². The molecule has 0 unspecified atom stereocenters. The highest BCUT2D eigenvalue weighted by Gasteiger charge is 1.96. The van der Waals surface area contributed by atoms with Crippen LogP contribution in [0.15, 0.2) is 11.1 Å². The van der Waals surface area contributed by atoms with E-state index < -0.39 is 0 Å². The van der Waals surface area contributed by atoms with Crippen LogP contribution in [0.4, 0.5) is 0 Å². The molecule has 0 atom stereocenters. The topological polar surface area (TPSA) is 39.8 Å². The highest BCUT2D eigenvalue weighted by atomic mass is 32.2. The van der Waals surface area contributed by atoms with Crippen molar-refractivity contribution >= 4 is 11.9 Å². The summed E-state index contributed by atoms with van der Waals surface area (Å²) in [4.78, 5) is 10.8. The molecule has 0 spiro atoms. The summed E-state index contributed by atoms with van der Waals surface area (Å²) in [5.41, 5.74) is -0.0949. The summed E-state index contributed by atoms with van der Waals surface area (Å²) >= 11 is 1.29. The molecule has 5 heteroatoms. The summed E-state index contributed by atoms with van der Waals surface area (Å²) in [6.07, 6.45) is 3.28. The van der Waals surface area contributed by atoms with Crippen LogP contribution in [0.25, 0.3) is 0 Å². The van der Waals surface area contributed by atoms with Gasteiger partial charge in [-0.15, -0.1) is 5.10 Å². The fourth-order valence-corrected chi connectivity index (χ4v) is 0.905. The predicted molar refractivity (Wildman–Crippen MR) is 36.4 cm³/mol. The van der Waals surface area contributed by atoms with Crippen molar-refractivity contribution in [2.45, 2.75) is 0 Å². The summed E-state index contributed by atoms with van der Waals surface area (Å²) in [7, 11) is 1.67. The maximum Gasteiger partial charge on any atom is 0.356 e. The van der Waals surface area contributed by atoms with Crippen LogP contribution in [0.1, 0.15) is 0 Å². The molecule has 1 aromatic heterocycles. The van der Waals surface area contributed by atoms with Crippen molar-refractivity contribution in [3.05, 3.63) is 16.8 Å². The molecule has 0 fully saturated rings. The molecule has 0 aliphatic carbocycles. The van der Waals surface area contributed by atoms with Crippen molar-refractivity contribution in [2.24, 2.45) is 7.05 Å². The first-order valence-corrected chi connectivity index (χ1v) is 3.59. The second kappa shape index (κ2) is 2.26. The van der Waals surface area contributed by atoms with Crippen molar-refractivity contribution in [1.29, 1.82) is 0 Å². The van der Waals surface area contributed by atoms with E-state index in [-0.39, 0.29) is 5.69 Å². The van der Waals surface area contributed by atoms with E-state index in [1.165, 1.54) is 26.9 Å². The van der Waals surface area contributed by atoms with Gasteiger partial charge in [0.25, 0.3) is 0 Å². The van der Waals surface area contributed by atoms with Crippen LogP contribution in [0.2, 0.25) is 0 Å². The Kier molecular flexibility index (Phi) is 1.61. The lowest BCUT2D eigenvalue weighted by Crippen LogP contribution is -2.18. The lowest BCUT2D eigenvalue weighted by Gasteiger charge is -1.85. The second-order valence-corrected chi connectivity index (χ2v) is 2.29. The van der Waals surface area contributed by atoms with E-state index in [9.17, 15) is 4.79 Å². The van der Waals surface area contributed by atoms with Gasteiger partial charge in [0.05, 0.1) is 0 Å². The van der Waals surface area contributed by atoms with Gasteiger partial charge in [0.15, 0.2) is 0 Å². The molecular formula is C4H7N3OS. The molecule has 0 N–H and O–H groups in total. The van der Waals surface area contributed by atoms with Gasteiger partial charge in [-0.1, -0.05) is 0 Å². The summed E-state index contributed by atoms with van der Waals surface area (Å²) in [5, 5.41) is 3.76. The average molecular weight is 145 g/mol. The summed E-state index contributed by atoms with van der Waals surface area (Å²) < 4.78 is 2.75. The van der Waals surface area contributed by atoms with Crippen LogP contribution in [-0.4, -0.2) is 20.0 Å². The zero-order valence-corrected chi connectivity index (χ0v) is 6.05. The van der Waals surface area contributed by atoms with Crippen LogP contribution in [0.5, 0.6) is 0 Å². The number of hydrogen-bond donors (Lipinski definition) is 0. The minimum absolute atomic E-state index is 0.0949. The highest BCUT2D eigenvalue weighted by molar-refractivity contribution is 7.97. The van der Waals surface area contributed by atoms with Gasteiger partial charge < -0.3 is 0 Å². The number of aryl methyl sites for hydroxylation is 1. The van der Waals surface area contributed by atoms with E-state index in [1.54, 1.807) is 13.3 Å². The fourth-order valence-electron chi connectivity index (χ4n) is 0.483. The van der Waals surface area contributed by atoms with Gasteiger partial charge in [0.1, 0.15) is 6.33 Å². The molecule has 0 saturated heterocycles. The van der Waals surface area contributed by atoms with E-state index in [2.05, 4.69) is 5.10 Å². The first kappa shape index (κ1) is 6.41. The average Bonchev–Trinajstić information content (AvgIpc) is 2.15. The molecule has 0 amide bonds. The third kappa shape index (κ3) is 0.999. The SMILES string of the molecule is CSn1ncn(C)c1=O. The lowest BCUT2D eigenvalue weighted by atomic mass is 11.1. The second-order valence-electron chi connectivity index (χ2n) is 1.58. The van der Waals surface area contributed by atoms with E-state index in [4.69, 9.17) is 0 Å². The number of nitrogens with zero attached hydrogens (tertiary/aromatic N) is 3. The molecule has 0 saturated carbocycles. The van der Waals surface area contributed by atoms with Crippen LogP contribution < -0.4 is 5.69 Å². The third-order valence-electron chi connectivity index (χ3n) is 0.968. The summed E-state index contributed by atoms with van der Waals surface area (Å²) in [6, 6.07) is 0. The molecule has 50 valence electrons. The molecule has 0 aliphatic rings. The lowest BCUT2D eigenvalue weighted by molar-refractivity contribution is 0.850. The van der Waals surface area contributed by atoms with Crippen LogP contribution in [0.3, 0.4) is 0 Å². The first-order valence-electron chi connectivity index (χ1n) is 2.41. The number of rotatable bonds is 1. The Morgan fingerprint density at radius 3 is 2.67 bits per heavy atom. The first-order chi connectivity index (χ1) is 4.25. The molecule has 0 aromatic carbocycles. The van der Waals surface area contributed by atoms with Gasteiger partial charge in [-0.05, 0) is 11.9 Å². The summed E-state index contributed by atoms with van der Waals surface area (Å²) in [6.45, 7) is 0. The molecule has 4 nitrogen and oxygen atoms in total. The molecule has 1 aromatic rings. The Hall–Kier alpha value is -0.710. The van der Waals surface area contributed by atoms with Gasteiger partial charge >= 0.3 is 5.69 Å². The zero-order valence-electron chi connectivity index (χ0n) is 5.24. The molecule has 0 aliphatic heterocycles. The largest absolute Gasteiger partial charge is 0.356 e. The van der Waals surface area contributed by atoms with Gasteiger partial charge in [0, 0.05) is 13.3 Å². The third-order valence-corrected chi connectivity index (χ3v) is 1.56. The van der Waals surface area contributed by atoms with E-state index in [0.717, 1.165) is 0 Å². The Labute approximate surface area is 56.6 Å². The highest BCUT2D eigenvalue weighted by Crippen LogP contribution is 1.88. The zero-order chi connectivity index (χ0) is 6.85. The fraction of sp³-hybridized carbons (Fsp3) is 0.500. The maximum absolute atomic E-state index is 10.8. The predicted octanol–water partition coefficient (Wildman–Crippen LogP) is -0.292. The molecule has 0 radical (unpaired) electrons. The van der Waals surface area contributed by atoms with Crippen LogP contribution in [0, 0.1) is 0 Å². The van der Waals surface area contributed by atoms with Crippen molar-refractivity contribution < 1.29 is 0 Å². The minimum atomic E-state index is -0.0949. The van der Waals surface area contributed by atoms with Crippen molar-refractivity contribution in [1.82, 2.24) is 13.8 Å². The smallest absolute Gasteiger partial charge is 0.284 e. The van der Waals surface area contributed by atoms with Crippen molar-refractivity contribution in [3.8, 4) is 0 Å². The van der Waals surface area contributed by atoms with Crippen LogP contribution >= 0.6 is 11.9 Å².